The number of carbonyl (C=O) groups is 2. The Hall–Kier alpha value is -4.67. The molecule has 0 saturated carbocycles. The summed E-state index contributed by atoms with van der Waals surface area (Å²) in [4.78, 5) is 27.0. The number of rotatable bonds is 9. The van der Waals surface area contributed by atoms with Gasteiger partial charge in [0.15, 0.2) is 0 Å². The zero-order chi connectivity index (χ0) is 31.2. The minimum Gasteiger partial charge on any atom is -0.444 e. The smallest absolute Gasteiger partial charge is 0.412 e. The second kappa shape index (κ2) is 13.1. The van der Waals surface area contributed by atoms with Crippen molar-refractivity contribution < 1.29 is 22.7 Å². The highest BCUT2D eigenvalue weighted by molar-refractivity contribution is 7.90. The van der Waals surface area contributed by atoms with Crippen LogP contribution in [0.2, 0.25) is 0 Å². The molecule has 224 valence electrons. The molecule has 4 aromatic rings. The van der Waals surface area contributed by atoms with Gasteiger partial charge < -0.3 is 15.0 Å². The fourth-order valence-electron chi connectivity index (χ4n) is 4.21. The molecule has 9 nitrogen and oxygen atoms in total. The first-order chi connectivity index (χ1) is 20.3. The van der Waals surface area contributed by atoms with Gasteiger partial charge >= 0.3 is 6.09 Å². The van der Waals surface area contributed by atoms with Crippen LogP contribution >= 0.6 is 0 Å². The first-order valence-electron chi connectivity index (χ1n) is 13.7. The Morgan fingerprint density at radius 2 is 1.44 bits per heavy atom. The van der Waals surface area contributed by atoms with Gasteiger partial charge in [-0.15, -0.1) is 0 Å². The van der Waals surface area contributed by atoms with Gasteiger partial charge in [0.25, 0.3) is 10.0 Å². The van der Waals surface area contributed by atoms with Crippen molar-refractivity contribution in [2.45, 2.75) is 37.8 Å². The minimum atomic E-state index is -3.83. The van der Waals surface area contributed by atoms with Crippen molar-refractivity contribution in [2.75, 3.05) is 24.7 Å². The van der Waals surface area contributed by atoms with E-state index in [0.29, 0.717) is 16.9 Å². The van der Waals surface area contributed by atoms with Crippen LogP contribution in [0.4, 0.5) is 16.2 Å². The summed E-state index contributed by atoms with van der Waals surface area (Å²) in [6.45, 7) is 6.11. The van der Waals surface area contributed by atoms with Crippen LogP contribution in [0, 0.1) is 0 Å². The summed E-state index contributed by atoms with van der Waals surface area (Å²) < 4.78 is 32.9. The van der Waals surface area contributed by atoms with Crippen molar-refractivity contribution >= 4 is 39.5 Å². The van der Waals surface area contributed by atoms with Crippen LogP contribution < -0.4 is 10.6 Å². The number of benzene rings is 3. The minimum absolute atomic E-state index is 0.151. The van der Waals surface area contributed by atoms with Crippen LogP contribution in [0.5, 0.6) is 0 Å². The second-order valence-electron chi connectivity index (χ2n) is 11.2. The number of ether oxygens (including phenoxy) is 1. The van der Waals surface area contributed by atoms with Crippen LogP contribution in [-0.4, -0.2) is 49.0 Å². The molecule has 0 aliphatic rings. The van der Waals surface area contributed by atoms with Crippen LogP contribution in [0.15, 0.2) is 102 Å². The van der Waals surface area contributed by atoms with E-state index in [2.05, 4.69) is 27.7 Å². The van der Waals surface area contributed by atoms with Crippen molar-refractivity contribution in [2.24, 2.45) is 0 Å². The van der Waals surface area contributed by atoms with E-state index in [-0.39, 0.29) is 4.90 Å². The summed E-state index contributed by atoms with van der Waals surface area (Å²) >= 11 is 0. The second-order valence-corrected chi connectivity index (χ2v) is 13.1. The Bertz CT molecular complexity index is 1720. The summed E-state index contributed by atoms with van der Waals surface area (Å²) in [7, 11) is 0.206. The molecule has 0 saturated heterocycles. The molecule has 0 atom stereocenters. The zero-order valence-electron chi connectivity index (χ0n) is 24.9. The monoisotopic (exact) mass is 600 g/mol. The third-order valence-electron chi connectivity index (χ3n) is 6.15. The maximum Gasteiger partial charge on any atom is 0.412 e. The first-order valence-corrected chi connectivity index (χ1v) is 15.1. The highest BCUT2D eigenvalue weighted by Crippen LogP contribution is 2.25. The van der Waals surface area contributed by atoms with Gasteiger partial charge in [-0.1, -0.05) is 48.5 Å². The number of nitrogens with one attached hydrogen (secondary N) is 2. The van der Waals surface area contributed by atoms with E-state index in [1.807, 2.05) is 26.2 Å². The number of carbonyl (C=O) groups excluding carboxylic acids is 2. The summed E-state index contributed by atoms with van der Waals surface area (Å²) in [6, 6.07) is 23.3. The summed E-state index contributed by atoms with van der Waals surface area (Å²) in [5.74, 6) is -0.459. The highest BCUT2D eigenvalue weighted by atomic mass is 32.2. The Morgan fingerprint density at radius 3 is 2.02 bits per heavy atom. The number of hydrogen-bond donors (Lipinski definition) is 2. The van der Waals surface area contributed by atoms with Crippen molar-refractivity contribution in [3.05, 3.63) is 108 Å². The van der Waals surface area contributed by atoms with Gasteiger partial charge in [0, 0.05) is 25.0 Å². The van der Waals surface area contributed by atoms with E-state index in [9.17, 15) is 18.0 Å². The third-order valence-corrected chi connectivity index (χ3v) is 7.80. The number of anilines is 2. The molecule has 0 aliphatic carbocycles. The number of hydrogen-bond acceptors (Lipinski definition) is 6. The number of nitrogens with zero attached hydrogens (tertiary/aromatic N) is 2. The fraction of sp³-hybridized carbons (Fsp3) is 0.212. The maximum absolute atomic E-state index is 13.2. The van der Waals surface area contributed by atoms with E-state index in [0.717, 1.165) is 21.6 Å². The molecule has 2 N–H and O–H groups in total. The molecule has 0 fully saturated rings. The lowest BCUT2D eigenvalue weighted by atomic mass is 10.0. The molecule has 0 bridgehead atoms. The zero-order valence-corrected chi connectivity index (χ0v) is 25.7. The highest BCUT2D eigenvalue weighted by Gasteiger charge is 2.18. The number of aromatic nitrogens is 1. The molecular formula is C33H36N4O5S. The van der Waals surface area contributed by atoms with Gasteiger partial charge in [-0.3, -0.25) is 10.1 Å². The Kier molecular flexibility index (Phi) is 9.53. The normalized spacial score (nSPS) is 12.0. The number of para-hydroxylation sites is 2. The first kappa shape index (κ1) is 31.3. The molecule has 0 spiro atoms. The summed E-state index contributed by atoms with van der Waals surface area (Å²) in [5, 5.41) is 5.35. The molecule has 43 heavy (non-hydrogen) atoms. The summed E-state index contributed by atoms with van der Waals surface area (Å²) in [6.07, 6.45) is 5.03. The summed E-state index contributed by atoms with van der Waals surface area (Å²) in [5.41, 5.74) is 3.73. The van der Waals surface area contributed by atoms with Crippen molar-refractivity contribution in [3.8, 4) is 11.1 Å². The fourth-order valence-corrected chi connectivity index (χ4v) is 5.42. The molecule has 0 aliphatic heterocycles. The average Bonchev–Trinajstić information content (AvgIpc) is 3.42. The van der Waals surface area contributed by atoms with E-state index >= 15 is 0 Å². The molecule has 0 radical (unpaired) electrons. The van der Waals surface area contributed by atoms with Crippen molar-refractivity contribution in [1.29, 1.82) is 0 Å². The Balaban J connectivity index is 1.41. The van der Waals surface area contributed by atoms with Crippen LogP contribution in [0.1, 0.15) is 31.9 Å². The molecule has 3 aromatic carbocycles. The Labute approximate surface area is 252 Å². The average molecular weight is 601 g/mol. The van der Waals surface area contributed by atoms with Crippen molar-refractivity contribution in [3.63, 3.8) is 0 Å². The quantitative estimate of drug-likeness (QED) is 0.214. The van der Waals surface area contributed by atoms with Gasteiger partial charge in [0.05, 0.1) is 16.3 Å². The predicted molar refractivity (Wildman–Crippen MR) is 170 cm³/mol. The lowest BCUT2D eigenvalue weighted by Crippen LogP contribution is -2.27. The van der Waals surface area contributed by atoms with Crippen LogP contribution in [0.3, 0.4) is 0 Å². The maximum atomic E-state index is 13.2. The Morgan fingerprint density at radius 1 is 0.860 bits per heavy atom. The van der Waals surface area contributed by atoms with E-state index in [1.54, 1.807) is 75.4 Å². The van der Waals surface area contributed by atoms with E-state index < -0.39 is 27.6 Å². The van der Waals surface area contributed by atoms with Gasteiger partial charge in [-0.2, -0.15) is 0 Å². The molecule has 4 rings (SSSR count). The van der Waals surface area contributed by atoms with Gasteiger partial charge in [-0.05, 0) is 93.5 Å². The predicted octanol–water partition coefficient (Wildman–Crippen LogP) is 6.45. The topological polar surface area (TPSA) is 110 Å². The molecular weight excluding hydrogens is 564 g/mol. The molecule has 1 aromatic heterocycles. The van der Waals surface area contributed by atoms with E-state index in [4.69, 9.17) is 4.74 Å². The molecule has 10 heteroatoms. The molecule has 2 amide bonds. The van der Waals surface area contributed by atoms with Crippen LogP contribution in [0.25, 0.3) is 17.2 Å². The largest absolute Gasteiger partial charge is 0.444 e. The SMILES string of the molecule is CN(C)Cc1ccc(-c2ccc(S(=O)(=O)n3ccc(/C=C/C(=O)Nc4ccccc4NC(=O)OC(C)(C)C)c3)cc2)cc1. The van der Waals surface area contributed by atoms with Gasteiger partial charge in [0.1, 0.15) is 5.60 Å². The standard InChI is InChI=1S/C33H36N4O5S/c1-33(2,3)42-32(39)35-30-9-7-6-8-29(30)34-31(38)19-12-25-20-21-37(23-25)43(40,41)28-17-15-27(16-18-28)26-13-10-24(11-14-26)22-36(4)5/h6-21,23H,22H2,1-5H3,(H,34,38)(H,35,39)/b19-12+. The molecule has 1 heterocycles. The van der Waals surface area contributed by atoms with E-state index in [1.165, 1.54) is 30.1 Å². The lowest BCUT2D eigenvalue weighted by Gasteiger charge is -2.20. The lowest BCUT2D eigenvalue weighted by molar-refractivity contribution is -0.111. The van der Waals surface area contributed by atoms with Gasteiger partial charge in [-0.25, -0.2) is 17.2 Å². The third kappa shape index (κ3) is 8.67. The number of amides is 2. The van der Waals surface area contributed by atoms with Crippen molar-refractivity contribution in [1.82, 2.24) is 8.87 Å². The van der Waals surface area contributed by atoms with Gasteiger partial charge in [0.2, 0.25) is 5.91 Å². The molecule has 0 unspecified atom stereocenters. The van der Waals surface area contributed by atoms with Crippen LogP contribution in [-0.2, 0) is 26.1 Å².